The number of carbonyl (C=O) groups is 1. The molecular formula is C34H42FN5O6. The standard InChI is InChI=1S/C34H42FN5O6/c1-5-29(41)39-15-7-6-8-24(20-39)37-33-31(35)27-21-40(19-22-9-12-26(44-3)18-28(22)45-4)34(42)30(27)32(38-33)36-23-10-13-25(14-11-23)46-17-16-43-2/h5,9-14,18,24,29,41H,1,6-8,15-17,19-21H2,2-4H3,(H2,36,37,38). The van der Waals surface area contributed by atoms with E-state index in [4.69, 9.17) is 18.9 Å². The van der Waals surface area contributed by atoms with Crippen LogP contribution in [0.2, 0.25) is 0 Å². The summed E-state index contributed by atoms with van der Waals surface area (Å²) in [6, 6.07) is 12.4. The second-order valence-electron chi connectivity index (χ2n) is 11.3. The molecule has 1 amide bonds. The number of hydrogen-bond acceptors (Lipinski definition) is 10. The SMILES string of the molecule is C=CC(O)N1CCCCC(Nc2nc(Nc3ccc(OCCOC)cc3)c3c(c2F)CN(Cc2ccc(OC)cc2OC)C3=O)C1. The van der Waals surface area contributed by atoms with Crippen LogP contribution < -0.4 is 24.8 Å². The molecule has 1 saturated heterocycles. The van der Waals surface area contributed by atoms with Crippen molar-refractivity contribution in [3.8, 4) is 17.2 Å². The number of aliphatic hydroxyl groups is 1. The Morgan fingerprint density at radius 3 is 2.59 bits per heavy atom. The van der Waals surface area contributed by atoms with Crippen LogP contribution in [-0.4, -0.2) is 85.7 Å². The van der Waals surface area contributed by atoms with E-state index in [0.717, 1.165) is 24.8 Å². The molecule has 0 aliphatic carbocycles. The molecule has 11 nitrogen and oxygen atoms in total. The fourth-order valence-corrected chi connectivity index (χ4v) is 5.80. The first-order valence-electron chi connectivity index (χ1n) is 15.4. The summed E-state index contributed by atoms with van der Waals surface area (Å²) in [5.41, 5.74) is 1.85. The summed E-state index contributed by atoms with van der Waals surface area (Å²) in [6.07, 6.45) is 3.28. The molecule has 12 heteroatoms. The number of halogens is 1. The van der Waals surface area contributed by atoms with E-state index in [1.165, 1.54) is 6.08 Å². The number of methoxy groups -OCH3 is 3. The van der Waals surface area contributed by atoms with Crippen LogP contribution in [0.4, 0.5) is 21.7 Å². The van der Waals surface area contributed by atoms with Gasteiger partial charge in [-0.3, -0.25) is 9.69 Å². The van der Waals surface area contributed by atoms with Gasteiger partial charge in [-0.05, 0) is 55.3 Å². The number of ether oxygens (including phenoxy) is 4. The average molecular weight is 636 g/mol. The second kappa shape index (κ2) is 15.3. The van der Waals surface area contributed by atoms with Crippen molar-refractivity contribution in [2.24, 2.45) is 0 Å². The lowest BCUT2D eigenvalue weighted by atomic mass is 10.1. The Balaban J connectivity index is 1.46. The minimum Gasteiger partial charge on any atom is -0.497 e. The number of aliphatic hydroxyl groups excluding tert-OH is 1. The summed E-state index contributed by atoms with van der Waals surface area (Å²) >= 11 is 0. The van der Waals surface area contributed by atoms with Crippen molar-refractivity contribution >= 4 is 23.2 Å². The van der Waals surface area contributed by atoms with Crippen molar-refractivity contribution in [2.75, 3.05) is 58.3 Å². The van der Waals surface area contributed by atoms with Gasteiger partial charge in [-0.1, -0.05) is 13.0 Å². The minimum atomic E-state index is -0.792. The fraction of sp³-hybridized carbons (Fsp3) is 0.412. The number of likely N-dealkylation sites (tertiary alicyclic amines) is 1. The Kier molecular flexibility index (Phi) is 10.9. The Bertz CT molecular complexity index is 1520. The van der Waals surface area contributed by atoms with Gasteiger partial charge < -0.3 is 39.6 Å². The molecule has 246 valence electrons. The number of carbonyl (C=O) groups excluding carboxylic acids is 1. The first kappa shape index (κ1) is 33.0. The number of nitrogens with one attached hydrogen (secondary N) is 2. The van der Waals surface area contributed by atoms with Gasteiger partial charge in [0.15, 0.2) is 11.6 Å². The number of benzene rings is 2. The zero-order chi connectivity index (χ0) is 32.6. The van der Waals surface area contributed by atoms with E-state index in [2.05, 4.69) is 22.2 Å². The molecule has 0 saturated carbocycles. The maximum atomic E-state index is 16.3. The molecule has 2 aliphatic heterocycles. The topological polar surface area (TPSA) is 118 Å². The molecule has 0 radical (unpaired) electrons. The molecule has 1 fully saturated rings. The minimum absolute atomic E-state index is 0.0531. The second-order valence-corrected chi connectivity index (χ2v) is 11.3. The third-order valence-electron chi connectivity index (χ3n) is 8.24. The highest BCUT2D eigenvalue weighted by Crippen LogP contribution is 2.37. The van der Waals surface area contributed by atoms with E-state index in [1.807, 2.05) is 23.1 Å². The van der Waals surface area contributed by atoms with E-state index < -0.39 is 12.0 Å². The number of anilines is 3. The highest BCUT2D eigenvalue weighted by molar-refractivity contribution is 6.03. The summed E-state index contributed by atoms with van der Waals surface area (Å²) in [7, 11) is 4.74. The predicted molar refractivity (Wildman–Crippen MR) is 173 cm³/mol. The van der Waals surface area contributed by atoms with Crippen LogP contribution in [0, 0.1) is 5.82 Å². The summed E-state index contributed by atoms with van der Waals surface area (Å²) in [4.78, 5) is 22.0. The quantitative estimate of drug-likeness (QED) is 0.166. The molecular weight excluding hydrogens is 593 g/mol. The molecule has 0 bridgehead atoms. The monoisotopic (exact) mass is 635 g/mol. The first-order chi connectivity index (χ1) is 22.3. The highest BCUT2D eigenvalue weighted by atomic mass is 19.1. The maximum absolute atomic E-state index is 16.3. The van der Waals surface area contributed by atoms with Crippen LogP contribution in [0.3, 0.4) is 0 Å². The van der Waals surface area contributed by atoms with Crippen LogP contribution in [0.5, 0.6) is 17.2 Å². The largest absolute Gasteiger partial charge is 0.497 e. The van der Waals surface area contributed by atoms with Gasteiger partial charge >= 0.3 is 0 Å². The molecule has 5 rings (SSSR count). The van der Waals surface area contributed by atoms with E-state index in [-0.39, 0.29) is 47.8 Å². The third-order valence-corrected chi connectivity index (χ3v) is 8.24. The molecule has 2 aromatic carbocycles. The number of aromatic nitrogens is 1. The van der Waals surface area contributed by atoms with Crippen molar-refractivity contribution in [1.82, 2.24) is 14.8 Å². The molecule has 2 unspecified atom stereocenters. The maximum Gasteiger partial charge on any atom is 0.258 e. The van der Waals surface area contributed by atoms with Gasteiger partial charge in [-0.2, -0.15) is 0 Å². The first-order valence-corrected chi connectivity index (χ1v) is 15.4. The van der Waals surface area contributed by atoms with Crippen molar-refractivity contribution < 1.29 is 33.2 Å². The Labute approximate surface area is 268 Å². The summed E-state index contributed by atoms with van der Waals surface area (Å²) in [5, 5.41) is 17.0. The molecule has 3 heterocycles. The van der Waals surface area contributed by atoms with Gasteiger partial charge in [0.1, 0.15) is 35.9 Å². The van der Waals surface area contributed by atoms with Gasteiger partial charge in [0.2, 0.25) is 0 Å². The Hall–Kier alpha value is -4.39. The fourth-order valence-electron chi connectivity index (χ4n) is 5.80. The smallest absolute Gasteiger partial charge is 0.258 e. The molecule has 3 N–H and O–H groups in total. The van der Waals surface area contributed by atoms with Gasteiger partial charge in [0.25, 0.3) is 5.91 Å². The molecule has 2 aliphatic rings. The van der Waals surface area contributed by atoms with Crippen molar-refractivity contribution in [3.05, 3.63) is 77.6 Å². The lowest BCUT2D eigenvalue weighted by molar-refractivity contribution is 0.0430. The lowest BCUT2D eigenvalue weighted by Gasteiger charge is -2.28. The van der Waals surface area contributed by atoms with E-state index in [0.29, 0.717) is 49.2 Å². The zero-order valence-corrected chi connectivity index (χ0v) is 26.6. The van der Waals surface area contributed by atoms with Crippen molar-refractivity contribution in [1.29, 1.82) is 0 Å². The highest BCUT2D eigenvalue weighted by Gasteiger charge is 2.36. The Morgan fingerprint density at radius 1 is 1.09 bits per heavy atom. The Morgan fingerprint density at radius 2 is 1.87 bits per heavy atom. The molecule has 3 aromatic rings. The zero-order valence-electron chi connectivity index (χ0n) is 26.6. The number of amides is 1. The van der Waals surface area contributed by atoms with Crippen LogP contribution >= 0.6 is 0 Å². The number of nitrogens with zero attached hydrogens (tertiary/aromatic N) is 3. The van der Waals surface area contributed by atoms with Crippen LogP contribution in [0.25, 0.3) is 0 Å². The number of pyridine rings is 1. The molecule has 46 heavy (non-hydrogen) atoms. The average Bonchev–Trinajstić information content (AvgIpc) is 3.23. The van der Waals surface area contributed by atoms with Crippen LogP contribution in [0.1, 0.15) is 40.7 Å². The van der Waals surface area contributed by atoms with Gasteiger partial charge in [-0.25, -0.2) is 9.37 Å². The number of hydrogen-bond donors (Lipinski definition) is 3. The van der Waals surface area contributed by atoms with Gasteiger partial charge in [0.05, 0.1) is 32.9 Å². The summed E-state index contributed by atoms with van der Waals surface area (Å²) in [6.45, 7) is 6.04. The summed E-state index contributed by atoms with van der Waals surface area (Å²) < 4.78 is 37.9. The number of rotatable bonds is 14. The van der Waals surface area contributed by atoms with E-state index >= 15 is 4.39 Å². The molecule has 0 spiro atoms. The normalized spacial score (nSPS) is 17.2. The third kappa shape index (κ3) is 7.52. The van der Waals surface area contributed by atoms with Crippen molar-refractivity contribution in [3.63, 3.8) is 0 Å². The predicted octanol–water partition coefficient (Wildman–Crippen LogP) is 4.93. The number of fused-ring (bicyclic) bond motifs is 1. The molecule has 2 atom stereocenters. The summed E-state index contributed by atoms with van der Waals surface area (Å²) in [5.74, 6) is 1.24. The molecule has 1 aromatic heterocycles. The van der Waals surface area contributed by atoms with Crippen LogP contribution in [-0.2, 0) is 17.8 Å². The van der Waals surface area contributed by atoms with Gasteiger partial charge in [-0.15, -0.1) is 0 Å². The van der Waals surface area contributed by atoms with Crippen molar-refractivity contribution in [2.45, 2.75) is 44.6 Å². The van der Waals surface area contributed by atoms with Gasteiger partial charge in [0, 0.05) is 55.7 Å². The van der Waals surface area contributed by atoms with Crippen LogP contribution in [0.15, 0.2) is 55.1 Å². The lowest BCUT2D eigenvalue weighted by Crippen LogP contribution is -2.41. The van der Waals surface area contributed by atoms with E-state index in [1.54, 1.807) is 50.5 Å². The van der Waals surface area contributed by atoms with E-state index in [9.17, 15) is 9.90 Å².